The Morgan fingerprint density at radius 2 is 2.04 bits per heavy atom. The van der Waals surface area contributed by atoms with Gasteiger partial charge in [-0.05, 0) is 31.0 Å². The minimum absolute atomic E-state index is 0.532. The molecule has 0 saturated carbocycles. The standard InChI is InChI=1S/C18H19N3O3/c22-17(23)18(21-9-3-8-19-21)6-10-20(11-7-18)13-15-12-14-4-1-2-5-16(14)24-15/h1-5,8-9,12H,6-7,10-11,13H2,(H,22,23). The van der Waals surface area contributed by atoms with Gasteiger partial charge in [-0.2, -0.15) is 5.10 Å². The maximum absolute atomic E-state index is 11.9. The second-order valence-electron chi connectivity index (χ2n) is 6.31. The van der Waals surface area contributed by atoms with E-state index in [-0.39, 0.29) is 0 Å². The Labute approximate surface area is 139 Å². The molecule has 6 heteroatoms. The second-order valence-corrected chi connectivity index (χ2v) is 6.31. The lowest BCUT2D eigenvalue weighted by atomic mass is 9.87. The van der Waals surface area contributed by atoms with Crippen molar-refractivity contribution >= 4 is 16.9 Å². The van der Waals surface area contributed by atoms with Gasteiger partial charge >= 0.3 is 5.97 Å². The molecule has 0 bridgehead atoms. The van der Waals surface area contributed by atoms with Crippen LogP contribution in [0.2, 0.25) is 0 Å². The van der Waals surface area contributed by atoms with E-state index in [1.807, 2.05) is 24.3 Å². The first-order chi connectivity index (χ1) is 11.7. The van der Waals surface area contributed by atoms with Crippen molar-refractivity contribution in [3.8, 4) is 0 Å². The summed E-state index contributed by atoms with van der Waals surface area (Å²) in [7, 11) is 0. The van der Waals surface area contributed by atoms with Crippen molar-refractivity contribution in [1.29, 1.82) is 0 Å². The first-order valence-corrected chi connectivity index (χ1v) is 8.11. The number of likely N-dealkylation sites (tertiary alicyclic amines) is 1. The van der Waals surface area contributed by atoms with Gasteiger partial charge in [0.25, 0.3) is 0 Å². The molecule has 0 aliphatic carbocycles. The number of nitrogens with zero attached hydrogens (tertiary/aromatic N) is 3. The van der Waals surface area contributed by atoms with Gasteiger partial charge in [0.1, 0.15) is 11.3 Å². The van der Waals surface area contributed by atoms with Gasteiger partial charge in [-0.15, -0.1) is 0 Å². The van der Waals surface area contributed by atoms with Crippen molar-refractivity contribution < 1.29 is 14.3 Å². The van der Waals surface area contributed by atoms with Crippen molar-refractivity contribution in [3.05, 3.63) is 54.6 Å². The molecule has 0 radical (unpaired) electrons. The number of piperidine rings is 1. The van der Waals surface area contributed by atoms with Crippen LogP contribution in [-0.2, 0) is 16.9 Å². The van der Waals surface area contributed by atoms with Crippen molar-refractivity contribution in [2.75, 3.05) is 13.1 Å². The Hall–Kier alpha value is -2.60. The molecule has 1 saturated heterocycles. The molecule has 24 heavy (non-hydrogen) atoms. The van der Waals surface area contributed by atoms with E-state index in [4.69, 9.17) is 4.42 Å². The molecule has 1 fully saturated rings. The van der Waals surface area contributed by atoms with Crippen LogP contribution >= 0.6 is 0 Å². The van der Waals surface area contributed by atoms with Crippen molar-refractivity contribution in [3.63, 3.8) is 0 Å². The number of aliphatic carboxylic acids is 1. The molecule has 3 aromatic rings. The number of fused-ring (bicyclic) bond motifs is 1. The number of para-hydroxylation sites is 1. The average molecular weight is 325 g/mol. The van der Waals surface area contributed by atoms with E-state index in [1.165, 1.54) is 0 Å². The normalized spacial score (nSPS) is 18.0. The number of carbonyl (C=O) groups is 1. The number of carboxylic acids is 1. The smallest absolute Gasteiger partial charge is 0.331 e. The topological polar surface area (TPSA) is 71.5 Å². The Kier molecular flexibility index (Phi) is 3.61. The molecule has 1 aliphatic heterocycles. The second kappa shape index (κ2) is 5.79. The van der Waals surface area contributed by atoms with E-state index >= 15 is 0 Å². The predicted octanol–water partition coefficient (Wildman–Crippen LogP) is 2.71. The van der Waals surface area contributed by atoms with Gasteiger partial charge in [-0.3, -0.25) is 9.58 Å². The average Bonchev–Trinajstić information content (AvgIpc) is 3.24. The Morgan fingerprint density at radius 1 is 1.25 bits per heavy atom. The highest BCUT2D eigenvalue weighted by atomic mass is 16.4. The number of benzene rings is 1. The van der Waals surface area contributed by atoms with Gasteiger partial charge in [0.15, 0.2) is 5.54 Å². The predicted molar refractivity (Wildman–Crippen MR) is 88.6 cm³/mol. The van der Waals surface area contributed by atoms with Crippen molar-refractivity contribution in [1.82, 2.24) is 14.7 Å². The van der Waals surface area contributed by atoms with Crippen LogP contribution in [0, 0.1) is 0 Å². The molecule has 1 aromatic carbocycles. The van der Waals surface area contributed by atoms with Gasteiger partial charge in [0, 0.05) is 30.9 Å². The van der Waals surface area contributed by atoms with Crippen LogP contribution < -0.4 is 0 Å². The van der Waals surface area contributed by atoms with Crippen LogP contribution in [0.1, 0.15) is 18.6 Å². The third-order valence-corrected chi connectivity index (χ3v) is 4.88. The number of hydrogen-bond donors (Lipinski definition) is 1. The molecule has 3 heterocycles. The minimum Gasteiger partial charge on any atom is -0.479 e. The van der Waals surface area contributed by atoms with Crippen LogP contribution in [0.4, 0.5) is 0 Å². The van der Waals surface area contributed by atoms with E-state index in [0.717, 1.165) is 16.7 Å². The molecule has 0 unspecified atom stereocenters. The van der Waals surface area contributed by atoms with E-state index < -0.39 is 11.5 Å². The van der Waals surface area contributed by atoms with Crippen molar-refractivity contribution in [2.24, 2.45) is 0 Å². The first kappa shape index (κ1) is 15.0. The maximum atomic E-state index is 11.9. The number of furan rings is 1. The molecular formula is C18H19N3O3. The van der Waals surface area contributed by atoms with Crippen LogP contribution in [-0.4, -0.2) is 38.8 Å². The Bertz CT molecular complexity index is 812. The van der Waals surface area contributed by atoms with E-state index in [1.54, 1.807) is 23.1 Å². The van der Waals surface area contributed by atoms with Gasteiger partial charge in [-0.25, -0.2) is 4.79 Å². The summed E-state index contributed by atoms with van der Waals surface area (Å²) < 4.78 is 7.46. The van der Waals surface area contributed by atoms with Crippen LogP contribution in [0.5, 0.6) is 0 Å². The summed E-state index contributed by atoms with van der Waals surface area (Å²) in [4.78, 5) is 14.1. The molecule has 0 amide bonds. The lowest BCUT2D eigenvalue weighted by molar-refractivity contribution is -0.151. The summed E-state index contributed by atoms with van der Waals surface area (Å²) in [5.74, 6) is 0.104. The van der Waals surface area contributed by atoms with Gasteiger partial charge in [0.05, 0.1) is 6.54 Å². The molecule has 0 atom stereocenters. The molecule has 124 valence electrons. The zero-order chi connectivity index (χ0) is 16.6. The third kappa shape index (κ3) is 2.49. The van der Waals surface area contributed by atoms with Crippen LogP contribution in [0.15, 0.2) is 53.2 Å². The molecule has 1 aliphatic rings. The summed E-state index contributed by atoms with van der Waals surface area (Å²) in [6.45, 7) is 2.09. The van der Waals surface area contributed by atoms with Gasteiger partial charge in [-0.1, -0.05) is 18.2 Å². The number of aromatic nitrogens is 2. The molecule has 1 N–H and O–H groups in total. The fraction of sp³-hybridized carbons (Fsp3) is 0.333. The zero-order valence-electron chi connectivity index (χ0n) is 13.3. The SMILES string of the molecule is O=C(O)C1(n2cccn2)CCN(Cc2cc3ccccc3o2)CC1. The van der Waals surface area contributed by atoms with E-state index in [9.17, 15) is 9.90 Å². The summed E-state index contributed by atoms with van der Waals surface area (Å²) in [5, 5.41) is 15.0. The quantitative estimate of drug-likeness (QED) is 0.798. The largest absolute Gasteiger partial charge is 0.479 e. The summed E-state index contributed by atoms with van der Waals surface area (Å²) >= 11 is 0. The maximum Gasteiger partial charge on any atom is 0.331 e. The number of hydrogen-bond acceptors (Lipinski definition) is 4. The van der Waals surface area contributed by atoms with Crippen LogP contribution in [0.3, 0.4) is 0 Å². The lowest BCUT2D eigenvalue weighted by Crippen LogP contribution is -2.51. The lowest BCUT2D eigenvalue weighted by Gasteiger charge is -2.38. The zero-order valence-corrected chi connectivity index (χ0v) is 13.3. The first-order valence-electron chi connectivity index (χ1n) is 8.11. The minimum atomic E-state index is -0.937. The van der Waals surface area contributed by atoms with Gasteiger partial charge < -0.3 is 9.52 Å². The molecule has 0 spiro atoms. The Balaban J connectivity index is 1.48. The monoisotopic (exact) mass is 325 g/mol. The number of rotatable bonds is 4. The Morgan fingerprint density at radius 3 is 2.71 bits per heavy atom. The number of carboxylic acid groups (broad SMARTS) is 1. The van der Waals surface area contributed by atoms with Crippen LogP contribution in [0.25, 0.3) is 11.0 Å². The summed E-state index contributed by atoms with van der Waals surface area (Å²) in [5.41, 5.74) is -0.0469. The molecule has 6 nitrogen and oxygen atoms in total. The highest BCUT2D eigenvalue weighted by Gasteiger charge is 2.43. The molecule has 2 aromatic heterocycles. The summed E-state index contributed by atoms with van der Waals surface area (Å²) in [6.07, 6.45) is 4.43. The molecule has 4 rings (SSSR count). The molecular weight excluding hydrogens is 306 g/mol. The third-order valence-electron chi connectivity index (χ3n) is 4.88. The van der Waals surface area contributed by atoms with E-state index in [2.05, 4.69) is 16.1 Å². The van der Waals surface area contributed by atoms with Crippen molar-refractivity contribution in [2.45, 2.75) is 24.9 Å². The summed E-state index contributed by atoms with van der Waals surface area (Å²) in [6, 6.07) is 11.8. The highest BCUT2D eigenvalue weighted by molar-refractivity contribution is 5.78. The van der Waals surface area contributed by atoms with E-state index in [0.29, 0.717) is 32.5 Å². The van der Waals surface area contributed by atoms with Gasteiger partial charge in [0.2, 0.25) is 0 Å². The fourth-order valence-corrected chi connectivity index (χ4v) is 3.48. The highest BCUT2D eigenvalue weighted by Crippen LogP contribution is 2.31. The fourth-order valence-electron chi connectivity index (χ4n) is 3.48.